The summed E-state index contributed by atoms with van der Waals surface area (Å²) < 4.78 is 0. The maximum absolute atomic E-state index is 13.3. The van der Waals surface area contributed by atoms with Gasteiger partial charge in [-0.25, -0.2) is 0 Å². The number of carbonyl (C=O) groups is 3. The fraction of sp³-hybridized carbons (Fsp3) is 0.444. The van der Waals surface area contributed by atoms with Crippen molar-refractivity contribution in [3.63, 3.8) is 0 Å². The summed E-state index contributed by atoms with van der Waals surface area (Å²) in [6.45, 7) is 6.48. The average molecular weight is 448 g/mol. The van der Waals surface area contributed by atoms with E-state index < -0.39 is 6.04 Å². The highest BCUT2D eigenvalue weighted by Crippen LogP contribution is 2.24. The molecule has 6 heteroatoms. The molecule has 2 aliphatic heterocycles. The minimum atomic E-state index is -0.481. The molecule has 0 radical (unpaired) electrons. The number of nitrogens with zero attached hydrogens (tertiary/aromatic N) is 3. The largest absolute Gasteiger partial charge is 0.341 e. The predicted molar refractivity (Wildman–Crippen MR) is 128 cm³/mol. The van der Waals surface area contributed by atoms with Gasteiger partial charge in [-0.05, 0) is 43.4 Å². The van der Waals surface area contributed by atoms with Gasteiger partial charge in [0.2, 0.25) is 17.7 Å². The summed E-state index contributed by atoms with van der Waals surface area (Å²) in [5.41, 5.74) is 3.35. The molecule has 3 amide bonds. The van der Waals surface area contributed by atoms with E-state index in [4.69, 9.17) is 0 Å². The van der Waals surface area contributed by atoms with Crippen LogP contribution in [0.2, 0.25) is 0 Å². The Bertz CT molecular complexity index is 1010. The summed E-state index contributed by atoms with van der Waals surface area (Å²) >= 11 is 0. The number of likely N-dealkylation sites (N-methyl/N-ethyl adjacent to an activating group) is 1. The summed E-state index contributed by atoms with van der Waals surface area (Å²) in [4.78, 5) is 44.1. The number of amides is 3. The van der Waals surface area contributed by atoms with Crippen LogP contribution in [0.5, 0.6) is 0 Å². The number of hydrogen-bond donors (Lipinski definition) is 0. The van der Waals surface area contributed by atoms with Crippen molar-refractivity contribution in [2.45, 2.75) is 39.2 Å². The van der Waals surface area contributed by atoms with Gasteiger partial charge in [0.05, 0.1) is 5.92 Å². The lowest BCUT2D eigenvalue weighted by Gasteiger charge is -2.30. The third-order valence-corrected chi connectivity index (χ3v) is 6.89. The number of carbonyl (C=O) groups excluding carboxylic acids is 3. The van der Waals surface area contributed by atoms with Gasteiger partial charge >= 0.3 is 0 Å². The Hall–Kier alpha value is -3.15. The molecule has 2 atom stereocenters. The molecule has 2 aromatic rings. The highest BCUT2D eigenvalue weighted by atomic mass is 16.2. The van der Waals surface area contributed by atoms with Gasteiger partial charge in [0.25, 0.3) is 0 Å². The zero-order chi connectivity index (χ0) is 23.4. The van der Waals surface area contributed by atoms with Gasteiger partial charge in [-0.15, -0.1) is 0 Å². The number of hydrogen-bond acceptors (Lipinski definition) is 3. The molecule has 0 aromatic heterocycles. The number of benzene rings is 2. The fourth-order valence-corrected chi connectivity index (χ4v) is 4.98. The number of likely N-dealkylation sites (tertiary alicyclic amines) is 1. The average Bonchev–Trinajstić information content (AvgIpc) is 3.21. The molecule has 33 heavy (non-hydrogen) atoms. The van der Waals surface area contributed by atoms with Crippen molar-refractivity contribution in [1.82, 2.24) is 14.7 Å². The van der Waals surface area contributed by atoms with E-state index in [9.17, 15) is 14.4 Å². The van der Waals surface area contributed by atoms with Crippen LogP contribution in [0.4, 0.5) is 0 Å². The Morgan fingerprint density at radius 2 is 1.76 bits per heavy atom. The fourth-order valence-electron chi connectivity index (χ4n) is 4.98. The molecule has 0 aliphatic carbocycles. The third-order valence-electron chi connectivity index (χ3n) is 6.89. The Balaban J connectivity index is 1.53. The second-order valence-corrected chi connectivity index (χ2v) is 9.04. The summed E-state index contributed by atoms with van der Waals surface area (Å²) in [7, 11) is 0. The van der Waals surface area contributed by atoms with E-state index in [2.05, 4.69) is 30.3 Å². The summed E-state index contributed by atoms with van der Waals surface area (Å²) in [5.74, 6) is -0.211. The molecule has 2 heterocycles. The molecule has 4 rings (SSSR count). The topological polar surface area (TPSA) is 60.9 Å². The van der Waals surface area contributed by atoms with Gasteiger partial charge in [-0.3, -0.25) is 14.4 Å². The van der Waals surface area contributed by atoms with E-state index in [-0.39, 0.29) is 23.6 Å². The molecule has 174 valence electrons. The van der Waals surface area contributed by atoms with Crippen molar-refractivity contribution in [1.29, 1.82) is 0 Å². The zero-order valence-electron chi connectivity index (χ0n) is 19.6. The van der Waals surface area contributed by atoms with Crippen LogP contribution in [0.25, 0.3) is 11.1 Å². The lowest BCUT2D eigenvalue weighted by molar-refractivity contribution is -0.143. The van der Waals surface area contributed by atoms with Crippen LogP contribution in [-0.2, 0) is 20.8 Å². The molecular weight excluding hydrogens is 414 g/mol. The van der Waals surface area contributed by atoms with Gasteiger partial charge in [0.1, 0.15) is 6.04 Å². The molecule has 0 saturated carbocycles. The molecule has 0 bridgehead atoms. The van der Waals surface area contributed by atoms with E-state index >= 15 is 0 Å². The Morgan fingerprint density at radius 1 is 1.00 bits per heavy atom. The zero-order valence-corrected chi connectivity index (χ0v) is 19.6. The normalized spacial score (nSPS) is 20.2. The van der Waals surface area contributed by atoms with Crippen molar-refractivity contribution >= 4 is 17.7 Å². The minimum Gasteiger partial charge on any atom is -0.341 e. The Kier molecular flexibility index (Phi) is 7.11. The van der Waals surface area contributed by atoms with Crippen LogP contribution in [-0.4, -0.2) is 71.2 Å². The van der Waals surface area contributed by atoms with Crippen LogP contribution in [0.3, 0.4) is 0 Å². The maximum atomic E-state index is 13.3. The Morgan fingerprint density at radius 3 is 2.45 bits per heavy atom. The second kappa shape index (κ2) is 10.2. The standard InChI is InChI=1S/C27H33N3O3/c1-3-28-15-16-29(26(32)20(2)30-14-8-13-25(30)31)19-24(27(28)33)18-21-9-7-12-23(17-21)22-10-5-4-6-11-22/h4-7,9-12,17,20,24H,3,8,13-16,18-19H2,1-2H3/t20-,24-/m1/s1. The van der Waals surface area contributed by atoms with E-state index in [0.29, 0.717) is 45.6 Å². The van der Waals surface area contributed by atoms with Crippen LogP contribution < -0.4 is 0 Å². The molecule has 2 fully saturated rings. The molecule has 0 unspecified atom stereocenters. The first-order valence-electron chi connectivity index (χ1n) is 12.0. The highest BCUT2D eigenvalue weighted by Gasteiger charge is 2.36. The van der Waals surface area contributed by atoms with Crippen molar-refractivity contribution in [3.8, 4) is 11.1 Å². The van der Waals surface area contributed by atoms with E-state index in [1.807, 2.05) is 43.0 Å². The number of rotatable bonds is 6. The summed E-state index contributed by atoms with van der Waals surface area (Å²) in [6.07, 6.45) is 1.90. The summed E-state index contributed by atoms with van der Waals surface area (Å²) in [6, 6.07) is 18.0. The molecule has 6 nitrogen and oxygen atoms in total. The highest BCUT2D eigenvalue weighted by molar-refractivity contribution is 5.89. The first-order chi connectivity index (χ1) is 16.0. The van der Waals surface area contributed by atoms with E-state index in [0.717, 1.165) is 23.1 Å². The van der Waals surface area contributed by atoms with Gasteiger partial charge in [0, 0.05) is 39.1 Å². The smallest absolute Gasteiger partial charge is 0.245 e. The predicted octanol–water partition coefficient (Wildman–Crippen LogP) is 3.21. The van der Waals surface area contributed by atoms with Gasteiger partial charge in [-0.2, -0.15) is 0 Å². The van der Waals surface area contributed by atoms with Crippen LogP contribution in [0.15, 0.2) is 54.6 Å². The van der Waals surface area contributed by atoms with Gasteiger partial charge < -0.3 is 14.7 Å². The lowest BCUT2D eigenvalue weighted by atomic mass is 9.94. The summed E-state index contributed by atoms with van der Waals surface area (Å²) in [5, 5.41) is 0. The van der Waals surface area contributed by atoms with Crippen molar-refractivity contribution in [2.24, 2.45) is 5.92 Å². The SMILES string of the molecule is CCN1CCN(C(=O)[C@@H](C)N2CCCC2=O)C[C@@H](Cc2cccc(-c3ccccc3)c2)C1=O. The van der Waals surface area contributed by atoms with E-state index in [1.165, 1.54) is 0 Å². The molecule has 2 aromatic carbocycles. The maximum Gasteiger partial charge on any atom is 0.245 e. The lowest BCUT2D eigenvalue weighted by Crippen LogP contribution is -2.49. The first-order valence-corrected chi connectivity index (χ1v) is 12.0. The monoisotopic (exact) mass is 447 g/mol. The molecule has 2 saturated heterocycles. The van der Waals surface area contributed by atoms with Gasteiger partial charge in [0.15, 0.2) is 0 Å². The van der Waals surface area contributed by atoms with Crippen LogP contribution in [0.1, 0.15) is 32.3 Å². The second-order valence-electron chi connectivity index (χ2n) is 9.04. The van der Waals surface area contributed by atoms with Crippen molar-refractivity contribution < 1.29 is 14.4 Å². The van der Waals surface area contributed by atoms with E-state index in [1.54, 1.807) is 9.80 Å². The Labute approximate surface area is 196 Å². The van der Waals surface area contributed by atoms with Crippen molar-refractivity contribution in [3.05, 3.63) is 60.2 Å². The van der Waals surface area contributed by atoms with Crippen molar-refractivity contribution in [2.75, 3.05) is 32.7 Å². The van der Waals surface area contributed by atoms with Crippen LogP contribution >= 0.6 is 0 Å². The third kappa shape index (κ3) is 5.10. The minimum absolute atomic E-state index is 0.0474. The first kappa shape index (κ1) is 23.0. The molecule has 0 spiro atoms. The quantitative estimate of drug-likeness (QED) is 0.683. The van der Waals surface area contributed by atoms with Gasteiger partial charge in [-0.1, -0.05) is 54.6 Å². The molecular formula is C27H33N3O3. The molecule has 0 N–H and O–H groups in total. The molecule has 2 aliphatic rings. The van der Waals surface area contributed by atoms with Crippen LogP contribution in [0, 0.1) is 5.92 Å².